The minimum atomic E-state index is -3.78. The lowest BCUT2D eigenvalue weighted by Gasteiger charge is -2.14. The second-order valence-electron chi connectivity index (χ2n) is 7.32. The van der Waals surface area contributed by atoms with E-state index in [9.17, 15) is 13.2 Å². The summed E-state index contributed by atoms with van der Waals surface area (Å²) in [5.74, 6) is 0.655. The molecule has 8 nitrogen and oxygen atoms in total. The zero-order valence-corrected chi connectivity index (χ0v) is 19.9. The molecule has 9 heteroatoms. The summed E-state index contributed by atoms with van der Waals surface area (Å²) in [6, 6.07) is 14.4. The van der Waals surface area contributed by atoms with Crippen molar-refractivity contribution in [1.29, 1.82) is 0 Å². The Morgan fingerprint density at radius 3 is 1.94 bits per heavy atom. The van der Waals surface area contributed by atoms with Gasteiger partial charge in [0.15, 0.2) is 11.5 Å². The maximum absolute atomic E-state index is 12.8. The molecule has 0 saturated carbocycles. The number of amides is 1. The molecule has 0 unspecified atom stereocenters. The second kappa shape index (κ2) is 9.83. The molecule has 0 spiro atoms. The van der Waals surface area contributed by atoms with E-state index in [1.54, 1.807) is 6.07 Å². The Morgan fingerprint density at radius 1 is 0.818 bits per heavy atom. The second-order valence-corrected chi connectivity index (χ2v) is 9.00. The van der Waals surface area contributed by atoms with Crippen LogP contribution in [0, 0.1) is 13.8 Å². The molecule has 0 aliphatic heterocycles. The largest absolute Gasteiger partial charge is 0.493 e. The number of rotatable bonds is 8. The molecule has 0 aliphatic rings. The molecule has 0 saturated heterocycles. The summed E-state index contributed by atoms with van der Waals surface area (Å²) >= 11 is 0. The molecule has 3 aromatic rings. The smallest absolute Gasteiger partial charge is 0.261 e. The van der Waals surface area contributed by atoms with Gasteiger partial charge in [0.25, 0.3) is 15.9 Å². The van der Waals surface area contributed by atoms with E-state index in [0.717, 1.165) is 11.1 Å². The van der Waals surface area contributed by atoms with Crippen LogP contribution in [-0.2, 0) is 10.0 Å². The number of benzene rings is 3. The van der Waals surface area contributed by atoms with Gasteiger partial charge < -0.3 is 19.5 Å². The summed E-state index contributed by atoms with van der Waals surface area (Å²) in [5.41, 5.74) is 3.10. The van der Waals surface area contributed by atoms with Crippen molar-refractivity contribution in [3.63, 3.8) is 0 Å². The molecule has 3 aromatic carbocycles. The van der Waals surface area contributed by atoms with E-state index in [1.165, 1.54) is 57.7 Å². The van der Waals surface area contributed by atoms with Crippen LogP contribution in [0.2, 0.25) is 0 Å². The number of methoxy groups -OCH3 is 3. The SMILES string of the molecule is COc1cc(C(=O)Nc2ccc(S(=O)(=O)Nc3ccc(C)cc3C)cc2)cc(OC)c1OC. The molecule has 3 rings (SSSR count). The average molecular weight is 471 g/mol. The minimum Gasteiger partial charge on any atom is -0.493 e. The van der Waals surface area contributed by atoms with E-state index in [0.29, 0.717) is 28.6 Å². The Kier molecular flexibility index (Phi) is 7.13. The molecule has 0 aliphatic carbocycles. The van der Waals surface area contributed by atoms with Crippen molar-refractivity contribution in [3.05, 3.63) is 71.3 Å². The normalized spacial score (nSPS) is 10.9. The van der Waals surface area contributed by atoms with Crippen LogP contribution in [0.5, 0.6) is 17.2 Å². The molecule has 33 heavy (non-hydrogen) atoms. The first-order valence-corrected chi connectivity index (χ1v) is 11.5. The van der Waals surface area contributed by atoms with E-state index in [-0.39, 0.29) is 10.5 Å². The summed E-state index contributed by atoms with van der Waals surface area (Å²) in [6.45, 7) is 3.78. The standard InChI is InChI=1S/C24H26N2O6S/c1-15-6-11-20(16(2)12-15)26-33(28,29)19-9-7-18(8-10-19)25-24(27)17-13-21(30-3)23(32-5)22(14-17)31-4/h6-14,26H,1-5H3,(H,25,27). The Labute approximate surface area is 193 Å². The van der Waals surface area contributed by atoms with Crippen LogP contribution < -0.4 is 24.2 Å². The van der Waals surface area contributed by atoms with Gasteiger partial charge in [0.2, 0.25) is 5.75 Å². The van der Waals surface area contributed by atoms with Crippen LogP contribution >= 0.6 is 0 Å². The molecule has 0 radical (unpaired) electrons. The maximum Gasteiger partial charge on any atom is 0.261 e. The molecule has 0 atom stereocenters. The third kappa shape index (κ3) is 5.38. The highest BCUT2D eigenvalue weighted by atomic mass is 32.2. The van der Waals surface area contributed by atoms with Crippen molar-refractivity contribution in [2.45, 2.75) is 18.7 Å². The summed E-state index contributed by atoms with van der Waals surface area (Å²) in [6.07, 6.45) is 0. The lowest BCUT2D eigenvalue weighted by molar-refractivity contribution is 0.102. The number of aryl methyl sites for hydroxylation is 2. The lowest BCUT2D eigenvalue weighted by Crippen LogP contribution is -2.15. The number of anilines is 2. The summed E-state index contributed by atoms with van der Waals surface area (Å²) in [5, 5.41) is 2.74. The van der Waals surface area contributed by atoms with Crippen LogP contribution in [0.25, 0.3) is 0 Å². The molecule has 2 N–H and O–H groups in total. The van der Waals surface area contributed by atoms with Crippen LogP contribution in [-0.4, -0.2) is 35.7 Å². The number of hydrogen-bond acceptors (Lipinski definition) is 6. The van der Waals surface area contributed by atoms with Crippen LogP contribution in [0.1, 0.15) is 21.5 Å². The van der Waals surface area contributed by atoms with Gasteiger partial charge in [0, 0.05) is 11.3 Å². The van der Waals surface area contributed by atoms with Gasteiger partial charge in [-0.05, 0) is 61.9 Å². The van der Waals surface area contributed by atoms with E-state index in [4.69, 9.17) is 14.2 Å². The lowest BCUT2D eigenvalue weighted by atomic mass is 10.1. The first-order chi connectivity index (χ1) is 15.7. The van der Waals surface area contributed by atoms with Crippen molar-refractivity contribution in [2.24, 2.45) is 0 Å². The minimum absolute atomic E-state index is 0.0771. The number of sulfonamides is 1. The van der Waals surface area contributed by atoms with Crippen molar-refractivity contribution in [2.75, 3.05) is 31.4 Å². The summed E-state index contributed by atoms with van der Waals surface area (Å²) in [4.78, 5) is 12.8. The quantitative estimate of drug-likeness (QED) is 0.506. The van der Waals surface area contributed by atoms with Crippen molar-refractivity contribution < 1.29 is 27.4 Å². The molecular formula is C24H26N2O6S. The predicted molar refractivity (Wildman–Crippen MR) is 127 cm³/mol. The fourth-order valence-corrected chi connectivity index (χ4v) is 4.40. The molecule has 0 heterocycles. The van der Waals surface area contributed by atoms with Gasteiger partial charge in [-0.3, -0.25) is 9.52 Å². The van der Waals surface area contributed by atoms with E-state index >= 15 is 0 Å². The van der Waals surface area contributed by atoms with Crippen LogP contribution in [0.15, 0.2) is 59.5 Å². The Bertz CT molecular complexity index is 1250. The Balaban J connectivity index is 1.78. The van der Waals surface area contributed by atoms with Crippen LogP contribution in [0.3, 0.4) is 0 Å². The van der Waals surface area contributed by atoms with Crippen LogP contribution in [0.4, 0.5) is 11.4 Å². The molecule has 0 aromatic heterocycles. The average Bonchev–Trinajstić information content (AvgIpc) is 2.80. The Morgan fingerprint density at radius 2 is 1.42 bits per heavy atom. The molecular weight excluding hydrogens is 444 g/mol. The third-order valence-corrected chi connectivity index (χ3v) is 6.36. The van der Waals surface area contributed by atoms with Gasteiger partial charge >= 0.3 is 0 Å². The third-order valence-electron chi connectivity index (χ3n) is 4.98. The molecule has 1 amide bonds. The number of carbonyl (C=O) groups excluding carboxylic acids is 1. The highest BCUT2D eigenvalue weighted by molar-refractivity contribution is 7.92. The fourth-order valence-electron chi connectivity index (χ4n) is 3.26. The first kappa shape index (κ1) is 23.9. The van der Waals surface area contributed by atoms with Gasteiger partial charge in [0.1, 0.15) is 0 Å². The van der Waals surface area contributed by atoms with E-state index in [1.807, 2.05) is 26.0 Å². The van der Waals surface area contributed by atoms with Gasteiger partial charge in [0.05, 0.1) is 31.9 Å². The van der Waals surface area contributed by atoms with Crippen molar-refractivity contribution in [1.82, 2.24) is 0 Å². The van der Waals surface area contributed by atoms with Crippen molar-refractivity contribution >= 4 is 27.3 Å². The van der Waals surface area contributed by atoms with Crippen molar-refractivity contribution in [3.8, 4) is 17.2 Å². The highest BCUT2D eigenvalue weighted by Crippen LogP contribution is 2.38. The molecule has 0 fully saturated rings. The summed E-state index contributed by atoms with van der Waals surface area (Å²) in [7, 11) is 0.621. The summed E-state index contributed by atoms with van der Waals surface area (Å²) < 4.78 is 43.9. The first-order valence-electron chi connectivity index (χ1n) is 10.00. The Hall–Kier alpha value is -3.72. The number of carbonyl (C=O) groups is 1. The van der Waals surface area contributed by atoms with Gasteiger partial charge in [-0.1, -0.05) is 17.7 Å². The van der Waals surface area contributed by atoms with E-state index < -0.39 is 15.9 Å². The fraction of sp³-hybridized carbons (Fsp3) is 0.208. The van der Waals surface area contributed by atoms with Gasteiger partial charge in [-0.15, -0.1) is 0 Å². The number of hydrogen-bond donors (Lipinski definition) is 2. The monoisotopic (exact) mass is 470 g/mol. The molecule has 0 bridgehead atoms. The highest BCUT2D eigenvalue weighted by Gasteiger charge is 2.18. The number of nitrogens with one attached hydrogen (secondary N) is 2. The maximum atomic E-state index is 12.8. The number of ether oxygens (including phenoxy) is 3. The molecule has 174 valence electrons. The van der Waals surface area contributed by atoms with E-state index in [2.05, 4.69) is 10.0 Å². The topological polar surface area (TPSA) is 103 Å². The zero-order chi connectivity index (χ0) is 24.2. The predicted octanol–water partition coefficient (Wildman–Crippen LogP) is 4.38. The van der Waals surface area contributed by atoms with Gasteiger partial charge in [-0.2, -0.15) is 0 Å². The zero-order valence-electron chi connectivity index (χ0n) is 19.1. The van der Waals surface area contributed by atoms with Gasteiger partial charge in [-0.25, -0.2) is 8.42 Å².